The van der Waals surface area contributed by atoms with Crippen LogP contribution in [0.4, 0.5) is 0 Å². The number of benzene rings is 1. The molecular weight excluding hydrogens is 172 g/mol. The molecule has 14 heavy (non-hydrogen) atoms. The standard InChI is InChI=1S/C12H14N2/c1-12(2,3)11(14-9-13)10-7-5-4-6-8-10/h4-8H,1-3H3. The van der Waals surface area contributed by atoms with Gasteiger partial charge in [0, 0.05) is 5.41 Å². The molecule has 0 amide bonds. The Labute approximate surface area is 84.9 Å². The van der Waals surface area contributed by atoms with Crippen LogP contribution in [0, 0.1) is 16.9 Å². The van der Waals surface area contributed by atoms with E-state index < -0.39 is 0 Å². The molecule has 1 aromatic carbocycles. The summed E-state index contributed by atoms with van der Waals surface area (Å²) in [5, 5.41) is 8.62. The molecule has 0 fully saturated rings. The Kier molecular flexibility index (Phi) is 3.03. The largest absolute Gasteiger partial charge is 0.205 e. The van der Waals surface area contributed by atoms with E-state index in [9.17, 15) is 0 Å². The van der Waals surface area contributed by atoms with Crippen molar-refractivity contribution in [2.24, 2.45) is 10.4 Å². The third-order valence-corrected chi connectivity index (χ3v) is 1.92. The summed E-state index contributed by atoms with van der Waals surface area (Å²) in [5.41, 5.74) is 1.75. The van der Waals surface area contributed by atoms with Crippen LogP contribution in [0.5, 0.6) is 0 Å². The number of hydrogen-bond donors (Lipinski definition) is 0. The summed E-state index contributed by atoms with van der Waals surface area (Å²) < 4.78 is 0. The second-order valence-corrected chi connectivity index (χ2v) is 4.18. The summed E-state index contributed by atoms with van der Waals surface area (Å²) in [6.07, 6.45) is 1.86. The zero-order chi connectivity index (χ0) is 10.6. The molecule has 0 radical (unpaired) electrons. The van der Waals surface area contributed by atoms with Crippen molar-refractivity contribution in [1.82, 2.24) is 0 Å². The van der Waals surface area contributed by atoms with Crippen LogP contribution in [0.15, 0.2) is 35.3 Å². The molecule has 0 atom stereocenters. The molecule has 0 aliphatic rings. The lowest BCUT2D eigenvalue weighted by molar-refractivity contribution is 0.592. The Morgan fingerprint density at radius 2 is 1.79 bits per heavy atom. The van der Waals surface area contributed by atoms with Gasteiger partial charge in [0.2, 0.25) is 6.19 Å². The summed E-state index contributed by atoms with van der Waals surface area (Å²) in [4.78, 5) is 3.89. The average Bonchev–Trinajstić information content (AvgIpc) is 2.14. The van der Waals surface area contributed by atoms with Crippen LogP contribution < -0.4 is 0 Å². The fraction of sp³-hybridized carbons (Fsp3) is 0.333. The van der Waals surface area contributed by atoms with Gasteiger partial charge in [-0.25, -0.2) is 0 Å². The first-order valence-electron chi connectivity index (χ1n) is 4.58. The van der Waals surface area contributed by atoms with E-state index in [1.54, 1.807) is 0 Å². The monoisotopic (exact) mass is 186 g/mol. The first-order chi connectivity index (χ1) is 6.55. The van der Waals surface area contributed by atoms with Gasteiger partial charge in [0.05, 0.1) is 5.71 Å². The van der Waals surface area contributed by atoms with Crippen molar-refractivity contribution in [3.05, 3.63) is 35.9 Å². The Bertz CT molecular complexity index is 364. The molecule has 0 heterocycles. The molecule has 2 heteroatoms. The highest BCUT2D eigenvalue weighted by Crippen LogP contribution is 2.21. The molecule has 0 aromatic heterocycles. The average molecular weight is 186 g/mol. The predicted octanol–water partition coefficient (Wildman–Crippen LogP) is 3.00. The minimum absolute atomic E-state index is 0.100. The van der Waals surface area contributed by atoms with Gasteiger partial charge in [-0.15, -0.1) is 0 Å². The van der Waals surface area contributed by atoms with Crippen LogP contribution in [-0.4, -0.2) is 5.71 Å². The topological polar surface area (TPSA) is 36.1 Å². The van der Waals surface area contributed by atoms with Gasteiger partial charge in [-0.2, -0.15) is 10.3 Å². The number of rotatable bonds is 1. The first kappa shape index (κ1) is 10.5. The lowest BCUT2D eigenvalue weighted by atomic mass is 9.85. The van der Waals surface area contributed by atoms with Gasteiger partial charge in [-0.05, 0) is 5.56 Å². The maximum Gasteiger partial charge on any atom is 0.205 e. The van der Waals surface area contributed by atoms with E-state index in [0.29, 0.717) is 0 Å². The van der Waals surface area contributed by atoms with Crippen LogP contribution >= 0.6 is 0 Å². The fourth-order valence-electron chi connectivity index (χ4n) is 1.31. The molecular formula is C12H14N2. The Hall–Kier alpha value is -1.62. The molecule has 0 unspecified atom stereocenters. The Balaban J connectivity index is 3.17. The molecule has 0 bridgehead atoms. The summed E-state index contributed by atoms with van der Waals surface area (Å²) in [5.74, 6) is 0. The van der Waals surface area contributed by atoms with Gasteiger partial charge in [-0.3, -0.25) is 0 Å². The predicted molar refractivity (Wildman–Crippen MR) is 58.0 cm³/mol. The van der Waals surface area contributed by atoms with E-state index in [4.69, 9.17) is 5.26 Å². The minimum atomic E-state index is -0.100. The van der Waals surface area contributed by atoms with Crippen LogP contribution in [0.3, 0.4) is 0 Å². The molecule has 0 aliphatic carbocycles. The highest BCUT2D eigenvalue weighted by atomic mass is 14.7. The van der Waals surface area contributed by atoms with Gasteiger partial charge in [0.1, 0.15) is 0 Å². The molecule has 0 N–H and O–H groups in total. The number of nitrogens with zero attached hydrogens (tertiary/aromatic N) is 2. The van der Waals surface area contributed by atoms with Crippen LogP contribution in [0.25, 0.3) is 0 Å². The van der Waals surface area contributed by atoms with Crippen molar-refractivity contribution in [2.75, 3.05) is 0 Å². The smallest absolute Gasteiger partial charge is 0.177 e. The van der Waals surface area contributed by atoms with Crippen molar-refractivity contribution >= 4 is 5.71 Å². The normalized spacial score (nSPS) is 12.3. The third kappa shape index (κ3) is 2.43. The lowest BCUT2D eigenvalue weighted by Gasteiger charge is -2.20. The van der Waals surface area contributed by atoms with E-state index >= 15 is 0 Å². The van der Waals surface area contributed by atoms with Crippen molar-refractivity contribution < 1.29 is 0 Å². The minimum Gasteiger partial charge on any atom is -0.177 e. The second kappa shape index (κ2) is 4.06. The Morgan fingerprint density at radius 1 is 1.21 bits per heavy atom. The van der Waals surface area contributed by atoms with E-state index in [1.165, 1.54) is 0 Å². The fourth-order valence-corrected chi connectivity index (χ4v) is 1.31. The van der Waals surface area contributed by atoms with Crippen LogP contribution in [-0.2, 0) is 0 Å². The third-order valence-electron chi connectivity index (χ3n) is 1.92. The SMILES string of the molecule is CC(C)(C)C(=NC#N)c1ccccc1. The molecule has 0 saturated carbocycles. The molecule has 2 nitrogen and oxygen atoms in total. The quantitative estimate of drug-likeness (QED) is 0.490. The number of nitriles is 1. The summed E-state index contributed by atoms with van der Waals surface area (Å²) in [6.45, 7) is 6.16. The maximum absolute atomic E-state index is 8.62. The maximum atomic E-state index is 8.62. The van der Waals surface area contributed by atoms with E-state index in [-0.39, 0.29) is 5.41 Å². The van der Waals surface area contributed by atoms with Gasteiger partial charge in [-0.1, -0.05) is 51.1 Å². The summed E-state index contributed by atoms with van der Waals surface area (Å²) in [6, 6.07) is 9.81. The van der Waals surface area contributed by atoms with Crippen LogP contribution in [0.2, 0.25) is 0 Å². The Morgan fingerprint density at radius 3 is 2.21 bits per heavy atom. The molecule has 72 valence electrons. The lowest BCUT2D eigenvalue weighted by Crippen LogP contribution is -2.21. The highest BCUT2D eigenvalue weighted by molar-refractivity contribution is 6.04. The van der Waals surface area contributed by atoms with Gasteiger partial charge in [0.25, 0.3) is 0 Å². The van der Waals surface area contributed by atoms with Crippen LogP contribution in [0.1, 0.15) is 26.3 Å². The van der Waals surface area contributed by atoms with Gasteiger partial charge < -0.3 is 0 Å². The number of hydrogen-bond acceptors (Lipinski definition) is 2. The van der Waals surface area contributed by atoms with Crippen molar-refractivity contribution in [3.63, 3.8) is 0 Å². The van der Waals surface area contributed by atoms with Crippen molar-refractivity contribution in [1.29, 1.82) is 5.26 Å². The highest BCUT2D eigenvalue weighted by Gasteiger charge is 2.20. The van der Waals surface area contributed by atoms with E-state index in [0.717, 1.165) is 11.3 Å². The first-order valence-corrected chi connectivity index (χ1v) is 4.58. The molecule has 1 aromatic rings. The van der Waals surface area contributed by atoms with E-state index in [1.807, 2.05) is 36.5 Å². The van der Waals surface area contributed by atoms with Gasteiger partial charge in [0.15, 0.2) is 0 Å². The number of aliphatic imine (C=N–C) groups is 1. The molecule has 0 saturated heterocycles. The summed E-state index contributed by atoms with van der Waals surface area (Å²) in [7, 11) is 0. The van der Waals surface area contributed by atoms with Gasteiger partial charge >= 0.3 is 0 Å². The summed E-state index contributed by atoms with van der Waals surface area (Å²) >= 11 is 0. The zero-order valence-electron chi connectivity index (χ0n) is 8.78. The van der Waals surface area contributed by atoms with E-state index in [2.05, 4.69) is 25.8 Å². The van der Waals surface area contributed by atoms with Crippen molar-refractivity contribution in [3.8, 4) is 6.19 Å². The molecule has 0 aliphatic heterocycles. The molecule has 1 rings (SSSR count). The zero-order valence-corrected chi connectivity index (χ0v) is 8.78. The van der Waals surface area contributed by atoms with Crippen molar-refractivity contribution in [2.45, 2.75) is 20.8 Å². The second-order valence-electron chi connectivity index (χ2n) is 4.18. The molecule has 0 spiro atoms.